The van der Waals surface area contributed by atoms with E-state index < -0.39 is 0 Å². The van der Waals surface area contributed by atoms with E-state index in [1.165, 1.54) is 16.9 Å². The van der Waals surface area contributed by atoms with Crippen molar-refractivity contribution in [2.75, 3.05) is 5.73 Å². The molecule has 2 N–H and O–H groups in total. The van der Waals surface area contributed by atoms with Gasteiger partial charge < -0.3 is 5.73 Å². The molecule has 0 atom stereocenters. The molecular weight excluding hydrogens is 264 g/mol. The molecule has 0 bridgehead atoms. The van der Waals surface area contributed by atoms with Crippen molar-refractivity contribution in [3.63, 3.8) is 0 Å². The maximum absolute atomic E-state index is 6.11. The third-order valence-corrected chi connectivity index (χ3v) is 5.03. The van der Waals surface area contributed by atoms with Gasteiger partial charge in [0.2, 0.25) is 0 Å². The SMILES string of the molecule is Nc1nc(-c2cscn2)nc2sc3c(c12)CCC3. The van der Waals surface area contributed by atoms with E-state index in [-0.39, 0.29) is 0 Å². The van der Waals surface area contributed by atoms with Crippen LogP contribution in [0.25, 0.3) is 21.7 Å². The van der Waals surface area contributed by atoms with E-state index in [2.05, 4.69) is 15.0 Å². The van der Waals surface area contributed by atoms with Crippen molar-refractivity contribution in [1.29, 1.82) is 0 Å². The summed E-state index contributed by atoms with van der Waals surface area (Å²) in [7, 11) is 0. The number of thiazole rings is 1. The van der Waals surface area contributed by atoms with Crippen LogP contribution in [0.4, 0.5) is 5.82 Å². The van der Waals surface area contributed by atoms with Crippen LogP contribution >= 0.6 is 22.7 Å². The summed E-state index contributed by atoms with van der Waals surface area (Å²) in [4.78, 5) is 15.7. The van der Waals surface area contributed by atoms with Crippen LogP contribution in [0.15, 0.2) is 10.9 Å². The number of anilines is 1. The molecule has 0 spiro atoms. The number of hydrogen-bond donors (Lipinski definition) is 1. The van der Waals surface area contributed by atoms with Crippen LogP contribution in [0.3, 0.4) is 0 Å². The van der Waals surface area contributed by atoms with Crippen molar-refractivity contribution < 1.29 is 0 Å². The van der Waals surface area contributed by atoms with E-state index in [4.69, 9.17) is 5.73 Å². The first-order valence-electron chi connectivity index (χ1n) is 5.79. The molecule has 18 heavy (non-hydrogen) atoms. The third kappa shape index (κ3) is 1.39. The van der Waals surface area contributed by atoms with Gasteiger partial charge in [-0.15, -0.1) is 22.7 Å². The number of fused-ring (bicyclic) bond motifs is 3. The normalized spacial score (nSPS) is 14.2. The van der Waals surface area contributed by atoms with Crippen LogP contribution in [0, 0.1) is 0 Å². The molecule has 0 aliphatic heterocycles. The minimum absolute atomic E-state index is 0.599. The maximum Gasteiger partial charge on any atom is 0.182 e. The zero-order valence-corrected chi connectivity index (χ0v) is 11.1. The van der Waals surface area contributed by atoms with Crippen LogP contribution in [-0.4, -0.2) is 15.0 Å². The van der Waals surface area contributed by atoms with Crippen molar-refractivity contribution in [3.8, 4) is 11.5 Å². The fraction of sp³-hybridized carbons (Fsp3) is 0.250. The first-order chi connectivity index (χ1) is 8.83. The Balaban J connectivity index is 2.00. The van der Waals surface area contributed by atoms with E-state index in [9.17, 15) is 0 Å². The van der Waals surface area contributed by atoms with E-state index in [0.717, 1.165) is 28.8 Å². The first kappa shape index (κ1) is 10.4. The molecule has 4 rings (SSSR count). The topological polar surface area (TPSA) is 64.7 Å². The molecule has 0 radical (unpaired) electrons. The van der Waals surface area contributed by atoms with E-state index in [1.54, 1.807) is 28.2 Å². The highest BCUT2D eigenvalue weighted by Crippen LogP contribution is 2.39. The summed E-state index contributed by atoms with van der Waals surface area (Å²) in [5.41, 5.74) is 10.1. The number of hydrogen-bond acceptors (Lipinski definition) is 6. The van der Waals surface area contributed by atoms with Gasteiger partial charge in [-0.2, -0.15) is 0 Å². The number of nitrogen functional groups attached to an aromatic ring is 1. The summed E-state index contributed by atoms with van der Waals surface area (Å²) in [5, 5.41) is 3.02. The van der Waals surface area contributed by atoms with Gasteiger partial charge in [0, 0.05) is 10.3 Å². The number of aromatic nitrogens is 3. The maximum atomic E-state index is 6.11. The molecule has 3 aromatic heterocycles. The zero-order valence-electron chi connectivity index (χ0n) is 9.51. The molecule has 0 amide bonds. The lowest BCUT2D eigenvalue weighted by molar-refractivity contribution is 0.917. The van der Waals surface area contributed by atoms with E-state index in [0.29, 0.717) is 11.6 Å². The molecule has 1 aliphatic carbocycles. The Morgan fingerprint density at radius 3 is 3.00 bits per heavy atom. The summed E-state index contributed by atoms with van der Waals surface area (Å²) < 4.78 is 0. The Morgan fingerprint density at radius 2 is 2.17 bits per heavy atom. The van der Waals surface area contributed by atoms with Gasteiger partial charge in [-0.25, -0.2) is 15.0 Å². The molecule has 6 heteroatoms. The zero-order chi connectivity index (χ0) is 12.1. The molecule has 0 aromatic carbocycles. The second-order valence-corrected chi connectivity index (χ2v) is 6.15. The second kappa shape index (κ2) is 3.73. The number of nitrogens with zero attached hydrogens (tertiary/aromatic N) is 3. The fourth-order valence-electron chi connectivity index (χ4n) is 2.46. The van der Waals surface area contributed by atoms with Crippen LogP contribution in [0.1, 0.15) is 16.9 Å². The average molecular weight is 274 g/mol. The van der Waals surface area contributed by atoms with Gasteiger partial charge in [-0.3, -0.25) is 0 Å². The quantitative estimate of drug-likeness (QED) is 0.741. The number of rotatable bonds is 1. The van der Waals surface area contributed by atoms with Gasteiger partial charge >= 0.3 is 0 Å². The van der Waals surface area contributed by atoms with Gasteiger partial charge in [-0.1, -0.05) is 0 Å². The van der Waals surface area contributed by atoms with E-state index in [1.807, 2.05) is 5.38 Å². The Bertz CT molecular complexity index is 730. The molecule has 0 unspecified atom stereocenters. The highest BCUT2D eigenvalue weighted by Gasteiger charge is 2.21. The predicted octanol–water partition coefficient (Wildman–Crippen LogP) is 2.89. The van der Waals surface area contributed by atoms with E-state index >= 15 is 0 Å². The minimum Gasteiger partial charge on any atom is -0.383 e. The second-order valence-electron chi connectivity index (χ2n) is 4.34. The number of aryl methyl sites for hydroxylation is 2. The molecule has 90 valence electrons. The standard InChI is InChI=1S/C12H10N4S2/c13-10-9-6-2-1-3-8(6)18-12(9)16-11(15-10)7-4-17-5-14-7/h4-5H,1-3H2,(H2,13,15,16). The van der Waals surface area contributed by atoms with Crippen molar-refractivity contribution in [2.24, 2.45) is 0 Å². The largest absolute Gasteiger partial charge is 0.383 e. The number of thiophene rings is 1. The van der Waals surface area contributed by atoms with Crippen LogP contribution in [0.2, 0.25) is 0 Å². The van der Waals surface area contributed by atoms with Crippen molar-refractivity contribution in [3.05, 3.63) is 21.3 Å². The van der Waals surface area contributed by atoms with Crippen LogP contribution in [0.5, 0.6) is 0 Å². The minimum atomic E-state index is 0.599. The van der Waals surface area contributed by atoms with Crippen molar-refractivity contribution in [1.82, 2.24) is 15.0 Å². The fourth-order valence-corrected chi connectivity index (χ4v) is 4.26. The monoisotopic (exact) mass is 274 g/mol. The molecule has 0 fully saturated rings. The van der Waals surface area contributed by atoms with Crippen LogP contribution < -0.4 is 5.73 Å². The van der Waals surface area contributed by atoms with Crippen LogP contribution in [-0.2, 0) is 12.8 Å². The number of nitrogens with two attached hydrogens (primary N) is 1. The Kier molecular flexibility index (Phi) is 2.15. The molecule has 4 nitrogen and oxygen atoms in total. The molecule has 1 aliphatic rings. The Hall–Kier alpha value is -1.53. The summed E-state index contributed by atoms with van der Waals surface area (Å²) in [6.07, 6.45) is 3.49. The van der Waals surface area contributed by atoms with Gasteiger partial charge in [0.05, 0.1) is 10.9 Å². The summed E-state index contributed by atoms with van der Waals surface area (Å²) >= 11 is 3.30. The molecule has 0 saturated heterocycles. The summed E-state index contributed by atoms with van der Waals surface area (Å²) in [5.74, 6) is 1.24. The third-order valence-electron chi connectivity index (χ3n) is 3.25. The van der Waals surface area contributed by atoms with Gasteiger partial charge in [0.25, 0.3) is 0 Å². The van der Waals surface area contributed by atoms with Crippen molar-refractivity contribution in [2.45, 2.75) is 19.3 Å². The first-order valence-corrected chi connectivity index (χ1v) is 7.55. The smallest absolute Gasteiger partial charge is 0.182 e. The lowest BCUT2D eigenvalue weighted by atomic mass is 10.2. The van der Waals surface area contributed by atoms with Gasteiger partial charge in [-0.05, 0) is 24.8 Å². The van der Waals surface area contributed by atoms with Gasteiger partial charge in [0.1, 0.15) is 16.3 Å². The molecular formula is C12H10N4S2. The molecule has 0 saturated carbocycles. The van der Waals surface area contributed by atoms with Gasteiger partial charge in [0.15, 0.2) is 5.82 Å². The lowest BCUT2D eigenvalue weighted by Gasteiger charge is -2.01. The van der Waals surface area contributed by atoms with Crippen molar-refractivity contribution >= 4 is 38.7 Å². The summed E-state index contributed by atoms with van der Waals surface area (Å²) in [6.45, 7) is 0. The highest BCUT2D eigenvalue weighted by molar-refractivity contribution is 7.19. The Labute approximate surface area is 112 Å². The summed E-state index contributed by atoms with van der Waals surface area (Å²) in [6, 6.07) is 0. The Morgan fingerprint density at radius 1 is 1.22 bits per heavy atom. The molecule has 3 aromatic rings. The predicted molar refractivity (Wildman–Crippen MR) is 75.0 cm³/mol. The highest BCUT2D eigenvalue weighted by atomic mass is 32.1. The molecule has 3 heterocycles. The lowest BCUT2D eigenvalue weighted by Crippen LogP contribution is -1.97. The average Bonchev–Trinajstić information content (AvgIpc) is 3.04.